The van der Waals surface area contributed by atoms with E-state index in [2.05, 4.69) is 10.1 Å². The number of hydrogen-bond donors (Lipinski definition) is 1. The summed E-state index contributed by atoms with van der Waals surface area (Å²) in [5, 5.41) is 15.2. The summed E-state index contributed by atoms with van der Waals surface area (Å²) in [5.74, 6) is -1.42. The fourth-order valence-corrected chi connectivity index (χ4v) is 4.37. The fraction of sp³-hybridized carbons (Fsp3) is 0.381. The Kier molecular flexibility index (Phi) is 3.96. The van der Waals surface area contributed by atoms with Gasteiger partial charge >= 0.3 is 0 Å². The lowest BCUT2D eigenvalue weighted by Crippen LogP contribution is -2.61. The molecule has 2 aromatic rings. The molecule has 1 aromatic heterocycles. The molecule has 5 rings (SSSR count). The molecule has 0 bridgehead atoms. The lowest BCUT2D eigenvalue weighted by atomic mass is 9.64. The van der Waals surface area contributed by atoms with E-state index in [-0.39, 0.29) is 24.1 Å². The van der Waals surface area contributed by atoms with Gasteiger partial charge in [0.05, 0.1) is 6.04 Å². The van der Waals surface area contributed by atoms with Crippen molar-refractivity contribution >= 4 is 11.6 Å². The van der Waals surface area contributed by atoms with Crippen molar-refractivity contribution in [1.82, 2.24) is 10.1 Å². The first-order chi connectivity index (χ1) is 13.6. The average molecular weight is 380 g/mol. The maximum atomic E-state index is 13.2. The Labute approximate surface area is 161 Å². The maximum Gasteiger partial charge on any atom is 0.265 e. The fourth-order valence-electron chi connectivity index (χ4n) is 4.37. The molecule has 1 saturated heterocycles. The Balaban J connectivity index is 1.55. The van der Waals surface area contributed by atoms with Gasteiger partial charge < -0.3 is 14.4 Å². The third kappa shape index (κ3) is 2.40. The van der Waals surface area contributed by atoms with Crippen LogP contribution in [-0.2, 0) is 11.4 Å². The van der Waals surface area contributed by atoms with E-state index < -0.39 is 23.1 Å². The van der Waals surface area contributed by atoms with Crippen LogP contribution in [0.25, 0.3) is 0 Å². The Morgan fingerprint density at radius 1 is 1.25 bits per heavy atom. The van der Waals surface area contributed by atoms with Crippen molar-refractivity contribution in [2.24, 2.45) is 5.92 Å². The normalized spacial score (nSPS) is 29.2. The number of ketones is 2. The van der Waals surface area contributed by atoms with Gasteiger partial charge in [0.15, 0.2) is 17.1 Å². The van der Waals surface area contributed by atoms with Gasteiger partial charge in [0.25, 0.3) is 5.88 Å². The largest absolute Gasteiger partial charge is 0.470 e. The highest BCUT2D eigenvalue weighted by Crippen LogP contribution is 2.50. The highest BCUT2D eigenvalue weighted by atomic mass is 16.5. The molecule has 7 nitrogen and oxygen atoms in total. The van der Waals surface area contributed by atoms with Crippen LogP contribution >= 0.6 is 0 Å². The van der Waals surface area contributed by atoms with Crippen LogP contribution in [0.5, 0.6) is 5.88 Å². The lowest BCUT2D eigenvalue weighted by molar-refractivity contribution is -0.139. The number of ether oxygens (including phenoxy) is 1. The number of nitrogens with zero attached hydrogens (tertiary/aromatic N) is 2. The first-order valence-corrected chi connectivity index (χ1v) is 9.49. The Bertz CT molecular complexity index is 962. The second kappa shape index (κ2) is 6.39. The minimum Gasteiger partial charge on any atom is -0.470 e. The molecule has 28 heavy (non-hydrogen) atoms. The van der Waals surface area contributed by atoms with Crippen molar-refractivity contribution in [3.05, 3.63) is 59.4 Å². The van der Waals surface area contributed by atoms with E-state index in [1.807, 2.05) is 30.3 Å². The van der Waals surface area contributed by atoms with Crippen LogP contribution in [0, 0.1) is 5.92 Å². The number of aliphatic hydroxyl groups is 1. The van der Waals surface area contributed by atoms with Crippen molar-refractivity contribution in [3.8, 4) is 5.88 Å². The molecule has 0 saturated carbocycles. The zero-order chi connectivity index (χ0) is 19.3. The molecule has 0 spiro atoms. The minimum atomic E-state index is -2.10. The number of carbonyl (C=O) groups excluding carboxylic acids is 2. The monoisotopic (exact) mass is 380 g/mol. The summed E-state index contributed by atoms with van der Waals surface area (Å²) in [6, 6.07) is 9.11. The van der Waals surface area contributed by atoms with Gasteiger partial charge in [0.2, 0.25) is 5.78 Å². The van der Waals surface area contributed by atoms with Crippen molar-refractivity contribution in [3.63, 3.8) is 0 Å². The van der Waals surface area contributed by atoms with Gasteiger partial charge in [-0.15, -0.1) is 0 Å². The third-order valence-corrected chi connectivity index (χ3v) is 5.98. The number of likely N-dealkylation sites (tertiary alicyclic amines) is 1. The van der Waals surface area contributed by atoms with E-state index in [0.29, 0.717) is 12.2 Å². The molecule has 0 radical (unpaired) electrons. The van der Waals surface area contributed by atoms with Gasteiger partial charge in [0, 0.05) is 19.0 Å². The topological polar surface area (TPSA) is 92.9 Å². The molecule has 1 N–H and O–H groups in total. The molecular formula is C21H20N2O5. The van der Waals surface area contributed by atoms with Crippen LogP contribution < -0.4 is 4.74 Å². The quantitative estimate of drug-likeness (QED) is 0.812. The van der Waals surface area contributed by atoms with E-state index in [4.69, 9.17) is 9.26 Å². The van der Waals surface area contributed by atoms with Crippen LogP contribution in [0.2, 0.25) is 0 Å². The van der Waals surface area contributed by atoms with Gasteiger partial charge in [0.1, 0.15) is 12.2 Å². The smallest absolute Gasteiger partial charge is 0.265 e. The predicted octanol–water partition coefficient (Wildman–Crippen LogP) is 2.07. The van der Waals surface area contributed by atoms with Gasteiger partial charge in [-0.1, -0.05) is 36.4 Å². The summed E-state index contributed by atoms with van der Waals surface area (Å²) in [7, 11) is 0. The minimum absolute atomic E-state index is 0.0311. The number of benzene rings is 1. The van der Waals surface area contributed by atoms with E-state index in [0.717, 1.165) is 25.1 Å². The molecule has 1 aromatic carbocycles. The van der Waals surface area contributed by atoms with Crippen molar-refractivity contribution < 1.29 is 24.0 Å². The molecule has 1 aliphatic heterocycles. The summed E-state index contributed by atoms with van der Waals surface area (Å²) in [6.45, 7) is 1.85. The van der Waals surface area contributed by atoms with Gasteiger partial charge in [-0.3, -0.25) is 14.5 Å². The summed E-state index contributed by atoms with van der Waals surface area (Å²) in [5.41, 5.74) is -1.09. The zero-order valence-corrected chi connectivity index (χ0v) is 15.2. The lowest BCUT2D eigenvalue weighted by Gasteiger charge is -2.48. The third-order valence-electron chi connectivity index (χ3n) is 5.98. The molecule has 2 heterocycles. The molecule has 144 valence electrons. The van der Waals surface area contributed by atoms with E-state index >= 15 is 0 Å². The highest BCUT2D eigenvalue weighted by molar-refractivity contribution is 6.23. The Morgan fingerprint density at radius 2 is 2.04 bits per heavy atom. The average Bonchev–Trinajstić information content (AvgIpc) is 3.09. The SMILES string of the molecule is O=C1C=CCC2[C@H](N3CCC3)c3onc(OCc4ccccc4)c3C(=O)[C@]12O. The summed E-state index contributed by atoms with van der Waals surface area (Å²) >= 11 is 0. The summed E-state index contributed by atoms with van der Waals surface area (Å²) in [6.07, 6.45) is 4.47. The van der Waals surface area contributed by atoms with E-state index in [9.17, 15) is 14.7 Å². The van der Waals surface area contributed by atoms with Crippen LogP contribution in [0.4, 0.5) is 0 Å². The molecule has 3 atom stereocenters. The van der Waals surface area contributed by atoms with Gasteiger partial charge in [-0.25, -0.2) is 0 Å². The Morgan fingerprint density at radius 3 is 2.75 bits per heavy atom. The first kappa shape index (κ1) is 17.3. The number of aromatic nitrogens is 1. The van der Waals surface area contributed by atoms with E-state index in [1.165, 1.54) is 6.08 Å². The van der Waals surface area contributed by atoms with Crippen LogP contribution in [0.3, 0.4) is 0 Å². The maximum absolute atomic E-state index is 13.2. The zero-order valence-electron chi connectivity index (χ0n) is 15.2. The summed E-state index contributed by atoms with van der Waals surface area (Å²) in [4.78, 5) is 28.0. The highest BCUT2D eigenvalue weighted by Gasteiger charge is 2.61. The number of rotatable bonds is 4. The van der Waals surface area contributed by atoms with Crippen molar-refractivity contribution in [2.45, 2.75) is 31.1 Å². The molecule has 1 fully saturated rings. The van der Waals surface area contributed by atoms with Crippen LogP contribution in [0.1, 0.15) is 40.6 Å². The molecular weight excluding hydrogens is 360 g/mol. The number of hydrogen-bond acceptors (Lipinski definition) is 7. The van der Waals surface area contributed by atoms with Gasteiger partial charge in [-0.2, -0.15) is 0 Å². The van der Waals surface area contributed by atoms with Crippen molar-refractivity contribution in [1.29, 1.82) is 0 Å². The second-order valence-corrected chi connectivity index (χ2v) is 7.54. The standard InChI is InChI=1S/C21H20N2O5/c24-15-9-4-8-14-17(23-10-5-11-23)18-16(19(25)21(14,15)26)20(22-28-18)27-12-13-6-2-1-3-7-13/h1-4,6-7,9,14,17,26H,5,8,10-12H2/t14?,17-,21+/m0/s1. The first-order valence-electron chi connectivity index (χ1n) is 9.49. The number of carbonyl (C=O) groups is 2. The van der Waals surface area contributed by atoms with Crippen molar-refractivity contribution in [2.75, 3.05) is 13.1 Å². The molecule has 7 heteroatoms. The predicted molar refractivity (Wildman–Crippen MR) is 97.7 cm³/mol. The van der Waals surface area contributed by atoms with Crippen LogP contribution in [-0.4, -0.2) is 45.4 Å². The number of Topliss-reactive ketones (excluding diaryl/α,β-unsaturated/α-hetero) is 1. The summed E-state index contributed by atoms with van der Waals surface area (Å²) < 4.78 is 11.3. The molecule has 2 aliphatic carbocycles. The molecule has 0 amide bonds. The second-order valence-electron chi connectivity index (χ2n) is 7.54. The Hall–Kier alpha value is -2.77. The van der Waals surface area contributed by atoms with Gasteiger partial charge in [-0.05, 0) is 29.6 Å². The number of allylic oxidation sites excluding steroid dienone is 1. The van der Waals surface area contributed by atoms with E-state index in [1.54, 1.807) is 6.08 Å². The van der Waals surface area contributed by atoms with Crippen LogP contribution in [0.15, 0.2) is 47.0 Å². The molecule has 1 unspecified atom stereocenters. The number of fused-ring (bicyclic) bond motifs is 2. The molecule has 3 aliphatic rings.